The van der Waals surface area contributed by atoms with Crippen molar-refractivity contribution in [1.82, 2.24) is 4.90 Å². The highest BCUT2D eigenvalue weighted by Crippen LogP contribution is 2.39. The Hall–Kier alpha value is 0.100. The van der Waals surface area contributed by atoms with Crippen LogP contribution in [0.1, 0.15) is 30.6 Å². The zero-order valence-corrected chi connectivity index (χ0v) is 13.1. The first kappa shape index (κ1) is 13.1. The minimum atomic E-state index is -0.170. The summed E-state index contributed by atoms with van der Waals surface area (Å²) in [6.07, 6.45) is 5.65. The van der Waals surface area contributed by atoms with E-state index in [9.17, 15) is 5.11 Å². The molecule has 1 aromatic rings. The average molecular weight is 330 g/mol. The summed E-state index contributed by atoms with van der Waals surface area (Å²) in [7, 11) is 2.25. The summed E-state index contributed by atoms with van der Waals surface area (Å²) in [6, 6.07) is 3.51. The number of aliphatic hydroxyl groups excluding tert-OH is 1. The molecule has 2 saturated heterocycles. The zero-order chi connectivity index (χ0) is 12.7. The molecule has 4 heteroatoms. The Bertz CT molecular complexity index is 408. The lowest BCUT2D eigenvalue weighted by Gasteiger charge is -2.38. The molecule has 18 heavy (non-hydrogen) atoms. The lowest BCUT2D eigenvalue weighted by Crippen LogP contribution is -2.43. The van der Waals surface area contributed by atoms with E-state index < -0.39 is 0 Å². The van der Waals surface area contributed by atoms with E-state index in [1.807, 2.05) is 0 Å². The van der Waals surface area contributed by atoms with Crippen molar-refractivity contribution < 1.29 is 5.11 Å². The van der Waals surface area contributed by atoms with Crippen LogP contribution in [-0.4, -0.2) is 35.2 Å². The maximum absolute atomic E-state index is 10.5. The second-order valence-electron chi connectivity index (χ2n) is 5.75. The Balaban J connectivity index is 1.64. The number of aliphatic hydroxyl groups is 1. The number of nitrogens with zero attached hydrogens (tertiary/aromatic N) is 1. The third kappa shape index (κ3) is 2.40. The average Bonchev–Trinajstić information content (AvgIpc) is 2.80. The molecular formula is C14H20BrNOS. The van der Waals surface area contributed by atoms with Gasteiger partial charge in [0.05, 0.1) is 6.10 Å². The van der Waals surface area contributed by atoms with Gasteiger partial charge in [0.2, 0.25) is 0 Å². The lowest BCUT2D eigenvalue weighted by atomic mass is 9.85. The minimum Gasteiger partial charge on any atom is -0.392 e. The highest BCUT2D eigenvalue weighted by atomic mass is 79.9. The normalized spacial score (nSPS) is 33.8. The van der Waals surface area contributed by atoms with Crippen LogP contribution in [0.15, 0.2) is 15.9 Å². The molecule has 2 bridgehead atoms. The van der Waals surface area contributed by atoms with Gasteiger partial charge in [0, 0.05) is 27.9 Å². The highest BCUT2D eigenvalue weighted by Gasteiger charge is 2.40. The van der Waals surface area contributed by atoms with Crippen LogP contribution < -0.4 is 0 Å². The summed E-state index contributed by atoms with van der Waals surface area (Å²) < 4.78 is 1.16. The van der Waals surface area contributed by atoms with Crippen molar-refractivity contribution in [3.05, 3.63) is 20.8 Å². The van der Waals surface area contributed by atoms with Crippen LogP contribution >= 0.6 is 27.3 Å². The number of thiophene rings is 1. The number of piperidine rings is 1. The summed E-state index contributed by atoms with van der Waals surface area (Å²) in [4.78, 5) is 3.82. The van der Waals surface area contributed by atoms with Crippen LogP contribution in [0, 0.1) is 5.92 Å². The lowest BCUT2D eigenvalue weighted by molar-refractivity contribution is 0.0371. The van der Waals surface area contributed by atoms with Gasteiger partial charge in [-0.2, -0.15) is 0 Å². The molecule has 0 aliphatic carbocycles. The molecule has 0 spiro atoms. The first-order valence-corrected chi connectivity index (χ1v) is 8.44. The standard InChI is InChI=1S/C14H20BrNOS/c1-16-10-2-3-11(16)7-9(6-10)13(17)8-14-12(15)4-5-18-14/h4-5,9-11,13,17H,2-3,6-8H2,1H3. The number of hydrogen-bond acceptors (Lipinski definition) is 3. The SMILES string of the molecule is CN1C2CCC1CC(C(O)Cc1sccc1Br)C2. The van der Waals surface area contributed by atoms with Crippen molar-refractivity contribution in [3.8, 4) is 0 Å². The molecule has 2 fully saturated rings. The molecule has 3 atom stereocenters. The second kappa shape index (κ2) is 5.23. The first-order chi connectivity index (χ1) is 8.65. The van der Waals surface area contributed by atoms with E-state index in [1.165, 1.54) is 30.6 Å². The maximum atomic E-state index is 10.5. The van der Waals surface area contributed by atoms with Gasteiger partial charge in [0.1, 0.15) is 0 Å². The van der Waals surface area contributed by atoms with E-state index in [2.05, 4.69) is 39.3 Å². The quantitative estimate of drug-likeness (QED) is 0.919. The molecule has 2 aliphatic rings. The van der Waals surface area contributed by atoms with Crippen molar-refractivity contribution in [3.63, 3.8) is 0 Å². The number of fused-ring (bicyclic) bond motifs is 2. The molecule has 1 aromatic heterocycles. The fourth-order valence-corrected chi connectivity index (χ4v) is 5.16. The maximum Gasteiger partial charge on any atom is 0.0618 e. The van der Waals surface area contributed by atoms with Crippen LogP contribution in [0.3, 0.4) is 0 Å². The smallest absolute Gasteiger partial charge is 0.0618 e. The minimum absolute atomic E-state index is 0.170. The summed E-state index contributed by atoms with van der Waals surface area (Å²) in [6.45, 7) is 0. The molecule has 1 N–H and O–H groups in total. The number of rotatable bonds is 3. The first-order valence-electron chi connectivity index (χ1n) is 6.77. The third-order valence-electron chi connectivity index (χ3n) is 4.76. The fourth-order valence-electron chi connectivity index (χ4n) is 3.60. The van der Waals surface area contributed by atoms with Gasteiger partial charge in [0.15, 0.2) is 0 Å². The van der Waals surface area contributed by atoms with Crippen LogP contribution in [0.2, 0.25) is 0 Å². The monoisotopic (exact) mass is 329 g/mol. The fraction of sp³-hybridized carbons (Fsp3) is 0.714. The van der Waals surface area contributed by atoms with E-state index in [1.54, 1.807) is 11.3 Å². The Morgan fingerprint density at radius 1 is 1.44 bits per heavy atom. The molecule has 0 radical (unpaired) electrons. The predicted molar refractivity (Wildman–Crippen MR) is 79.0 cm³/mol. The van der Waals surface area contributed by atoms with E-state index in [4.69, 9.17) is 0 Å². The molecule has 2 nitrogen and oxygen atoms in total. The van der Waals surface area contributed by atoms with E-state index >= 15 is 0 Å². The van der Waals surface area contributed by atoms with Gasteiger partial charge in [0.25, 0.3) is 0 Å². The van der Waals surface area contributed by atoms with Crippen molar-refractivity contribution in [2.45, 2.75) is 50.3 Å². The predicted octanol–water partition coefficient (Wildman–Crippen LogP) is 3.29. The molecular weight excluding hydrogens is 310 g/mol. The van der Waals surface area contributed by atoms with Gasteiger partial charge in [-0.25, -0.2) is 0 Å². The summed E-state index contributed by atoms with van der Waals surface area (Å²) in [5.74, 6) is 0.493. The van der Waals surface area contributed by atoms with Crippen molar-refractivity contribution in [1.29, 1.82) is 0 Å². The molecule has 3 heterocycles. The molecule has 0 aromatic carbocycles. The summed E-state index contributed by atoms with van der Waals surface area (Å²) >= 11 is 5.30. The topological polar surface area (TPSA) is 23.5 Å². The molecule has 3 unspecified atom stereocenters. The van der Waals surface area contributed by atoms with Gasteiger partial charge in [-0.15, -0.1) is 11.3 Å². The van der Waals surface area contributed by atoms with Gasteiger partial charge in [-0.1, -0.05) is 0 Å². The van der Waals surface area contributed by atoms with Gasteiger partial charge in [-0.05, 0) is 66.0 Å². The summed E-state index contributed by atoms with van der Waals surface area (Å²) in [5.41, 5.74) is 0. The van der Waals surface area contributed by atoms with E-state index in [0.717, 1.165) is 23.0 Å². The number of halogens is 1. The van der Waals surface area contributed by atoms with Crippen molar-refractivity contribution in [2.24, 2.45) is 5.92 Å². The highest BCUT2D eigenvalue weighted by molar-refractivity contribution is 9.10. The number of hydrogen-bond donors (Lipinski definition) is 1. The van der Waals surface area contributed by atoms with Crippen LogP contribution in [0.4, 0.5) is 0 Å². The van der Waals surface area contributed by atoms with Gasteiger partial charge in [-0.3, -0.25) is 0 Å². The largest absolute Gasteiger partial charge is 0.392 e. The molecule has 2 aliphatic heterocycles. The second-order valence-corrected chi connectivity index (χ2v) is 7.60. The summed E-state index contributed by atoms with van der Waals surface area (Å²) in [5, 5.41) is 12.6. The van der Waals surface area contributed by atoms with Gasteiger partial charge >= 0.3 is 0 Å². The Labute approximate surface area is 121 Å². The van der Waals surface area contributed by atoms with Crippen LogP contribution in [0.25, 0.3) is 0 Å². The van der Waals surface area contributed by atoms with E-state index in [0.29, 0.717) is 5.92 Å². The Kier molecular flexibility index (Phi) is 3.81. The van der Waals surface area contributed by atoms with Crippen molar-refractivity contribution in [2.75, 3.05) is 7.05 Å². The van der Waals surface area contributed by atoms with E-state index in [-0.39, 0.29) is 6.10 Å². The van der Waals surface area contributed by atoms with Gasteiger partial charge < -0.3 is 10.0 Å². The Morgan fingerprint density at radius 2 is 2.11 bits per heavy atom. The Morgan fingerprint density at radius 3 is 2.67 bits per heavy atom. The molecule has 3 rings (SSSR count). The van der Waals surface area contributed by atoms with Crippen LogP contribution in [0.5, 0.6) is 0 Å². The molecule has 100 valence electrons. The van der Waals surface area contributed by atoms with Crippen molar-refractivity contribution >= 4 is 27.3 Å². The zero-order valence-electron chi connectivity index (χ0n) is 10.7. The molecule has 0 amide bonds. The molecule has 0 saturated carbocycles. The van der Waals surface area contributed by atoms with Crippen LogP contribution in [-0.2, 0) is 6.42 Å². The third-order valence-corrected chi connectivity index (χ3v) is 6.71.